The molecule has 0 aliphatic heterocycles. The van der Waals surface area contributed by atoms with E-state index < -0.39 is 11.7 Å². The van der Waals surface area contributed by atoms with Gasteiger partial charge in [-0.25, -0.2) is 4.79 Å². The van der Waals surface area contributed by atoms with Crippen LogP contribution in [0.25, 0.3) is 0 Å². The molecule has 1 aromatic rings. The molecule has 0 saturated heterocycles. The molecule has 0 fully saturated rings. The molecule has 0 atom stereocenters. The first-order valence-corrected chi connectivity index (χ1v) is 6.14. The van der Waals surface area contributed by atoms with E-state index in [-0.39, 0.29) is 0 Å². The molecule has 0 spiro atoms. The number of rotatable bonds is 4. The normalized spacial score (nSPS) is 10.9. The van der Waals surface area contributed by atoms with Gasteiger partial charge in [-0.15, -0.1) is 11.6 Å². The van der Waals surface area contributed by atoms with Gasteiger partial charge in [-0.05, 0) is 39.0 Å². The average Bonchev–Trinajstić information content (AvgIpc) is 2.24. The van der Waals surface area contributed by atoms with Crippen molar-refractivity contribution in [1.29, 1.82) is 0 Å². The van der Waals surface area contributed by atoms with E-state index in [1.807, 2.05) is 0 Å². The van der Waals surface area contributed by atoms with Crippen LogP contribution in [0.2, 0.25) is 0 Å². The van der Waals surface area contributed by atoms with Crippen LogP contribution in [0.4, 0.5) is 10.5 Å². The predicted molar refractivity (Wildman–Crippen MR) is 71.3 cm³/mol. The van der Waals surface area contributed by atoms with Crippen molar-refractivity contribution in [2.75, 3.05) is 17.8 Å². The van der Waals surface area contributed by atoms with E-state index in [4.69, 9.17) is 21.1 Å². The van der Waals surface area contributed by atoms with Gasteiger partial charge in [-0.1, -0.05) is 0 Å². The summed E-state index contributed by atoms with van der Waals surface area (Å²) in [4.78, 5) is 11.5. The van der Waals surface area contributed by atoms with Gasteiger partial charge in [0.25, 0.3) is 0 Å². The maximum atomic E-state index is 11.5. The van der Waals surface area contributed by atoms with Gasteiger partial charge in [0.05, 0.1) is 5.88 Å². The summed E-state index contributed by atoms with van der Waals surface area (Å²) in [5.41, 5.74) is 0.0388. The van der Waals surface area contributed by atoms with Gasteiger partial charge in [0.15, 0.2) is 0 Å². The van der Waals surface area contributed by atoms with Crippen LogP contribution in [0.3, 0.4) is 0 Å². The van der Waals surface area contributed by atoms with E-state index in [9.17, 15) is 4.79 Å². The minimum Gasteiger partial charge on any atom is -0.492 e. The zero-order valence-corrected chi connectivity index (χ0v) is 11.5. The fourth-order valence-corrected chi connectivity index (χ4v) is 1.26. The lowest BCUT2D eigenvalue weighted by molar-refractivity contribution is 0.0636. The molecular formula is C13H17ClNO3. The van der Waals surface area contributed by atoms with Crippen molar-refractivity contribution in [3.05, 3.63) is 24.3 Å². The van der Waals surface area contributed by atoms with Crippen molar-refractivity contribution >= 4 is 23.4 Å². The maximum absolute atomic E-state index is 11.5. The van der Waals surface area contributed by atoms with Crippen LogP contribution < -0.4 is 10.1 Å². The van der Waals surface area contributed by atoms with Crippen molar-refractivity contribution < 1.29 is 14.3 Å². The Labute approximate surface area is 112 Å². The van der Waals surface area contributed by atoms with Gasteiger partial charge in [-0.3, -0.25) is 5.32 Å². The Morgan fingerprint density at radius 2 is 2.17 bits per heavy atom. The highest BCUT2D eigenvalue weighted by Crippen LogP contribution is 2.18. The number of amides is 1. The van der Waals surface area contributed by atoms with E-state index in [1.54, 1.807) is 39.0 Å². The molecule has 5 heteroatoms. The summed E-state index contributed by atoms with van der Waals surface area (Å²) in [5, 5.41) is 2.61. The quantitative estimate of drug-likeness (QED) is 0.853. The van der Waals surface area contributed by atoms with Crippen molar-refractivity contribution in [2.24, 2.45) is 0 Å². The smallest absolute Gasteiger partial charge is 0.412 e. The fourth-order valence-electron chi connectivity index (χ4n) is 1.18. The van der Waals surface area contributed by atoms with Crippen molar-refractivity contribution in [3.8, 4) is 5.75 Å². The average molecular weight is 271 g/mol. The van der Waals surface area contributed by atoms with Gasteiger partial charge in [-0.2, -0.15) is 0 Å². The first-order chi connectivity index (χ1) is 8.40. The molecule has 0 aromatic heterocycles. The standard InChI is InChI=1S/C13H17ClNO3/c1-13(2,3)18-12(16)15-10-5-4-6-11(9-10)17-8-7-14/h5-6,9H,7-8H2,1-3H3,(H,15,16). The zero-order chi connectivity index (χ0) is 13.6. The largest absolute Gasteiger partial charge is 0.492 e. The van der Waals surface area contributed by atoms with Gasteiger partial charge in [0.1, 0.15) is 18.0 Å². The first kappa shape index (κ1) is 14.6. The third-order valence-electron chi connectivity index (χ3n) is 1.75. The number of carbonyl (C=O) groups is 1. The zero-order valence-electron chi connectivity index (χ0n) is 10.7. The SMILES string of the molecule is CC(C)(C)OC(=O)Nc1c[c]cc(OCCCl)c1. The summed E-state index contributed by atoms with van der Waals surface area (Å²) in [5.74, 6) is 1.01. The lowest BCUT2D eigenvalue weighted by Gasteiger charge is -2.19. The molecule has 0 unspecified atom stereocenters. The van der Waals surface area contributed by atoms with Crippen LogP contribution in [-0.4, -0.2) is 24.2 Å². The Bertz CT molecular complexity index is 401. The molecule has 1 N–H and O–H groups in total. The molecule has 0 aliphatic rings. The van der Waals surface area contributed by atoms with Crippen LogP contribution in [0.15, 0.2) is 18.2 Å². The van der Waals surface area contributed by atoms with Gasteiger partial charge >= 0.3 is 6.09 Å². The number of ether oxygens (including phenoxy) is 2. The Kier molecular flexibility index (Phi) is 5.28. The summed E-state index contributed by atoms with van der Waals surface area (Å²) in [6.07, 6.45) is -0.509. The van der Waals surface area contributed by atoms with Crippen molar-refractivity contribution in [1.82, 2.24) is 0 Å². The predicted octanol–water partition coefficient (Wildman–Crippen LogP) is 3.45. The Morgan fingerprint density at radius 3 is 2.78 bits per heavy atom. The highest BCUT2D eigenvalue weighted by atomic mass is 35.5. The van der Waals surface area contributed by atoms with E-state index in [2.05, 4.69) is 11.4 Å². The second-order valence-corrected chi connectivity index (χ2v) is 5.00. The molecule has 0 aliphatic carbocycles. The first-order valence-electron chi connectivity index (χ1n) is 5.60. The monoisotopic (exact) mass is 270 g/mol. The maximum Gasteiger partial charge on any atom is 0.412 e. The number of halogens is 1. The molecule has 0 bridgehead atoms. The molecule has 1 radical (unpaired) electrons. The molecular weight excluding hydrogens is 254 g/mol. The summed E-state index contributed by atoms with van der Waals surface area (Å²) in [6.45, 7) is 5.82. The van der Waals surface area contributed by atoms with Gasteiger partial charge in [0.2, 0.25) is 0 Å². The third kappa shape index (κ3) is 5.77. The lowest BCUT2D eigenvalue weighted by atomic mass is 10.2. The minimum absolute atomic E-state index is 0.406. The summed E-state index contributed by atoms with van der Waals surface area (Å²) < 4.78 is 10.5. The molecule has 0 saturated carbocycles. The number of hydrogen-bond donors (Lipinski definition) is 1. The Balaban J connectivity index is 2.59. The number of alkyl halides is 1. The summed E-state index contributed by atoms with van der Waals surface area (Å²) in [7, 11) is 0. The third-order valence-corrected chi connectivity index (χ3v) is 1.91. The minimum atomic E-state index is -0.527. The molecule has 4 nitrogen and oxygen atoms in total. The number of anilines is 1. The molecule has 99 valence electrons. The fraction of sp³-hybridized carbons (Fsp3) is 0.462. The highest BCUT2D eigenvalue weighted by Gasteiger charge is 2.16. The molecule has 1 aromatic carbocycles. The molecule has 18 heavy (non-hydrogen) atoms. The summed E-state index contributed by atoms with van der Waals surface area (Å²) in [6, 6.07) is 7.87. The van der Waals surface area contributed by atoms with Gasteiger partial charge < -0.3 is 9.47 Å². The number of benzene rings is 1. The molecule has 1 amide bonds. The van der Waals surface area contributed by atoms with Crippen LogP contribution in [0.1, 0.15) is 20.8 Å². The van der Waals surface area contributed by atoms with Crippen LogP contribution in [-0.2, 0) is 4.74 Å². The number of carbonyl (C=O) groups excluding carboxylic acids is 1. The Hall–Kier alpha value is -1.42. The second kappa shape index (κ2) is 6.50. The highest BCUT2D eigenvalue weighted by molar-refractivity contribution is 6.18. The van der Waals surface area contributed by atoms with Crippen LogP contribution >= 0.6 is 11.6 Å². The van der Waals surface area contributed by atoms with Crippen LogP contribution in [0, 0.1) is 6.07 Å². The Morgan fingerprint density at radius 1 is 1.44 bits per heavy atom. The second-order valence-electron chi connectivity index (χ2n) is 4.62. The van der Waals surface area contributed by atoms with E-state index in [0.717, 1.165) is 0 Å². The van der Waals surface area contributed by atoms with Crippen molar-refractivity contribution in [2.45, 2.75) is 26.4 Å². The van der Waals surface area contributed by atoms with E-state index >= 15 is 0 Å². The number of nitrogens with one attached hydrogen (secondary N) is 1. The van der Waals surface area contributed by atoms with E-state index in [0.29, 0.717) is 23.9 Å². The van der Waals surface area contributed by atoms with Crippen molar-refractivity contribution in [3.63, 3.8) is 0 Å². The lowest BCUT2D eigenvalue weighted by Crippen LogP contribution is -2.27. The molecule has 0 heterocycles. The topological polar surface area (TPSA) is 47.6 Å². The van der Waals surface area contributed by atoms with Gasteiger partial charge in [0, 0.05) is 11.8 Å². The summed E-state index contributed by atoms with van der Waals surface area (Å²) >= 11 is 5.52. The van der Waals surface area contributed by atoms with Crippen LogP contribution in [0.5, 0.6) is 5.75 Å². The molecule has 1 rings (SSSR count). The number of hydrogen-bond acceptors (Lipinski definition) is 3. The van der Waals surface area contributed by atoms with E-state index in [1.165, 1.54) is 0 Å².